The number of rotatable bonds is 6. The van der Waals surface area contributed by atoms with Crippen molar-refractivity contribution in [1.29, 1.82) is 0 Å². The van der Waals surface area contributed by atoms with Crippen LogP contribution in [0.4, 0.5) is 13.2 Å². The Morgan fingerprint density at radius 1 is 1.03 bits per heavy atom. The highest BCUT2D eigenvalue weighted by atomic mass is 19.2. The molecule has 4 rings (SSSR count). The Bertz CT molecular complexity index is 1150. The summed E-state index contributed by atoms with van der Waals surface area (Å²) < 4.78 is 51.5. The lowest BCUT2D eigenvalue weighted by Gasteiger charge is -2.15. The summed E-state index contributed by atoms with van der Waals surface area (Å²) in [6.07, 6.45) is 0.615. The molecule has 154 valence electrons. The Labute approximate surface area is 168 Å². The summed E-state index contributed by atoms with van der Waals surface area (Å²) in [5.41, 5.74) is -0.612. The molecule has 1 aliphatic rings. The predicted octanol–water partition coefficient (Wildman–Crippen LogP) is 4.23. The molecule has 6 nitrogen and oxygen atoms in total. The SMILES string of the molecule is COc1cc(F)ccc1-c1cc(OC2(C(=O)O)CC2)nc(-c2ccc(F)c(F)c2)n1. The molecule has 1 saturated carbocycles. The normalized spacial score (nSPS) is 14.3. The Morgan fingerprint density at radius 2 is 1.80 bits per heavy atom. The summed E-state index contributed by atoms with van der Waals surface area (Å²) in [6, 6.07) is 8.32. The first-order chi connectivity index (χ1) is 14.3. The van der Waals surface area contributed by atoms with Crippen molar-refractivity contribution in [3.63, 3.8) is 0 Å². The molecular weight excluding hydrogens is 401 g/mol. The van der Waals surface area contributed by atoms with Gasteiger partial charge in [-0.15, -0.1) is 0 Å². The van der Waals surface area contributed by atoms with E-state index in [9.17, 15) is 23.1 Å². The third-order valence-electron chi connectivity index (χ3n) is 4.71. The molecule has 1 aliphatic carbocycles. The van der Waals surface area contributed by atoms with Crippen LogP contribution in [-0.2, 0) is 4.79 Å². The van der Waals surface area contributed by atoms with Gasteiger partial charge in [0, 0.05) is 36.1 Å². The van der Waals surface area contributed by atoms with Crippen molar-refractivity contribution >= 4 is 5.97 Å². The molecule has 1 aromatic heterocycles. The minimum absolute atomic E-state index is 0.0195. The van der Waals surface area contributed by atoms with Crippen molar-refractivity contribution in [2.75, 3.05) is 7.11 Å². The maximum atomic E-state index is 13.7. The molecule has 0 amide bonds. The van der Waals surface area contributed by atoms with Gasteiger partial charge in [0.15, 0.2) is 17.5 Å². The summed E-state index contributed by atoms with van der Waals surface area (Å²) in [5.74, 6) is -3.68. The maximum absolute atomic E-state index is 13.7. The molecule has 1 fully saturated rings. The molecule has 0 aliphatic heterocycles. The largest absolute Gasteiger partial charge is 0.496 e. The molecule has 0 radical (unpaired) electrons. The molecule has 1 N–H and O–H groups in total. The van der Waals surface area contributed by atoms with Crippen LogP contribution in [0.5, 0.6) is 11.6 Å². The average Bonchev–Trinajstić information content (AvgIpc) is 3.50. The van der Waals surface area contributed by atoms with E-state index < -0.39 is 29.0 Å². The van der Waals surface area contributed by atoms with E-state index in [1.54, 1.807) is 0 Å². The zero-order chi connectivity index (χ0) is 21.5. The summed E-state index contributed by atoms with van der Waals surface area (Å²) in [7, 11) is 1.36. The van der Waals surface area contributed by atoms with Gasteiger partial charge >= 0.3 is 5.97 Å². The monoisotopic (exact) mass is 416 g/mol. The van der Waals surface area contributed by atoms with Gasteiger partial charge in [-0.05, 0) is 30.3 Å². The Balaban J connectivity index is 1.86. The van der Waals surface area contributed by atoms with Crippen LogP contribution >= 0.6 is 0 Å². The van der Waals surface area contributed by atoms with Crippen LogP contribution in [0.3, 0.4) is 0 Å². The van der Waals surface area contributed by atoms with E-state index in [-0.39, 0.29) is 28.7 Å². The van der Waals surface area contributed by atoms with Gasteiger partial charge in [0.25, 0.3) is 0 Å². The van der Waals surface area contributed by atoms with Gasteiger partial charge in [-0.25, -0.2) is 22.9 Å². The topological polar surface area (TPSA) is 81.5 Å². The average molecular weight is 416 g/mol. The number of aliphatic carboxylic acids is 1. The van der Waals surface area contributed by atoms with Crippen molar-refractivity contribution in [3.8, 4) is 34.3 Å². The number of carboxylic acids is 1. The van der Waals surface area contributed by atoms with Gasteiger partial charge in [0.2, 0.25) is 11.5 Å². The zero-order valence-corrected chi connectivity index (χ0v) is 15.7. The number of ether oxygens (including phenoxy) is 2. The first kappa shape index (κ1) is 19.7. The first-order valence-electron chi connectivity index (χ1n) is 8.92. The second-order valence-corrected chi connectivity index (χ2v) is 6.79. The Morgan fingerprint density at radius 3 is 2.43 bits per heavy atom. The highest BCUT2D eigenvalue weighted by Gasteiger charge is 2.54. The third kappa shape index (κ3) is 3.66. The molecular formula is C21H15F3N2O4. The predicted molar refractivity (Wildman–Crippen MR) is 99.6 cm³/mol. The molecule has 0 bridgehead atoms. The number of halogens is 3. The van der Waals surface area contributed by atoms with E-state index in [4.69, 9.17) is 9.47 Å². The molecule has 1 heterocycles. The van der Waals surface area contributed by atoms with Crippen LogP contribution in [0.1, 0.15) is 12.8 Å². The van der Waals surface area contributed by atoms with Crippen LogP contribution < -0.4 is 9.47 Å². The van der Waals surface area contributed by atoms with Gasteiger partial charge in [-0.2, -0.15) is 4.98 Å². The van der Waals surface area contributed by atoms with Crippen LogP contribution in [-0.4, -0.2) is 33.8 Å². The fourth-order valence-electron chi connectivity index (χ4n) is 2.93. The lowest BCUT2D eigenvalue weighted by Crippen LogP contribution is -2.29. The molecule has 9 heteroatoms. The van der Waals surface area contributed by atoms with E-state index in [1.165, 1.54) is 31.4 Å². The fourth-order valence-corrected chi connectivity index (χ4v) is 2.93. The van der Waals surface area contributed by atoms with Crippen molar-refractivity contribution in [1.82, 2.24) is 9.97 Å². The third-order valence-corrected chi connectivity index (χ3v) is 4.71. The smallest absolute Gasteiger partial charge is 0.348 e. The molecule has 30 heavy (non-hydrogen) atoms. The van der Waals surface area contributed by atoms with Crippen molar-refractivity contribution in [2.24, 2.45) is 0 Å². The number of benzene rings is 2. The van der Waals surface area contributed by atoms with Gasteiger partial charge in [0.05, 0.1) is 12.8 Å². The lowest BCUT2D eigenvalue weighted by molar-refractivity contribution is -0.147. The van der Waals surface area contributed by atoms with Crippen LogP contribution in [0.15, 0.2) is 42.5 Å². The van der Waals surface area contributed by atoms with E-state index in [1.807, 2.05) is 0 Å². The highest BCUT2D eigenvalue weighted by molar-refractivity contribution is 5.81. The highest BCUT2D eigenvalue weighted by Crippen LogP contribution is 2.41. The van der Waals surface area contributed by atoms with E-state index >= 15 is 0 Å². The number of methoxy groups -OCH3 is 1. The molecule has 3 aromatic rings. The van der Waals surface area contributed by atoms with Gasteiger partial charge < -0.3 is 14.6 Å². The number of hydrogen-bond acceptors (Lipinski definition) is 5. The quantitative estimate of drug-likeness (QED) is 0.648. The first-order valence-corrected chi connectivity index (χ1v) is 8.92. The van der Waals surface area contributed by atoms with Crippen LogP contribution in [0.2, 0.25) is 0 Å². The van der Waals surface area contributed by atoms with Crippen molar-refractivity contribution in [2.45, 2.75) is 18.4 Å². The van der Waals surface area contributed by atoms with Crippen molar-refractivity contribution in [3.05, 3.63) is 59.9 Å². The number of hydrogen-bond donors (Lipinski definition) is 1. The molecule has 2 aromatic carbocycles. The minimum atomic E-state index is -1.39. The zero-order valence-electron chi connectivity index (χ0n) is 15.7. The molecule has 0 unspecified atom stereocenters. The van der Waals surface area contributed by atoms with Crippen molar-refractivity contribution < 1.29 is 32.5 Å². The second-order valence-electron chi connectivity index (χ2n) is 6.79. The van der Waals surface area contributed by atoms with Gasteiger partial charge in [-0.3, -0.25) is 0 Å². The van der Waals surface area contributed by atoms with E-state index in [2.05, 4.69) is 9.97 Å². The van der Waals surface area contributed by atoms with Crippen LogP contribution in [0, 0.1) is 17.5 Å². The Kier molecular flexibility index (Phi) is 4.81. The summed E-state index contributed by atoms with van der Waals surface area (Å²) in [6.45, 7) is 0. The fraction of sp³-hybridized carbons (Fsp3) is 0.190. The van der Waals surface area contributed by atoms with E-state index in [0.717, 1.165) is 18.2 Å². The summed E-state index contributed by atoms with van der Waals surface area (Å²) in [4.78, 5) is 20.0. The van der Waals surface area contributed by atoms with Gasteiger partial charge in [-0.1, -0.05) is 0 Å². The second kappa shape index (κ2) is 7.33. The van der Waals surface area contributed by atoms with Gasteiger partial charge in [0.1, 0.15) is 11.6 Å². The summed E-state index contributed by atoms with van der Waals surface area (Å²) in [5, 5.41) is 9.40. The summed E-state index contributed by atoms with van der Waals surface area (Å²) >= 11 is 0. The Hall–Kier alpha value is -3.62. The van der Waals surface area contributed by atoms with E-state index in [0.29, 0.717) is 18.4 Å². The standard InChI is InChI=1S/C21H15F3N2O4/c1-29-17-9-12(22)3-4-13(17)16-10-18(30-21(6-7-21)20(27)28)26-19(25-16)11-2-5-14(23)15(24)8-11/h2-5,8-10H,6-7H2,1H3,(H,27,28). The number of aromatic nitrogens is 2. The molecule has 0 spiro atoms. The molecule has 0 atom stereocenters. The minimum Gasteiger partial charge on any atom is -0.496 e. The van der Waals surface area contributed by atoms with Crippen LogP contribution in [0.25, 0.3) is 22.6 Å². The number of nitrogens with zero attached hydrogens (tertiary/aromatic N) is 2. The lowest BCUT2D eigenvalue weighted by atomic mass is 10.1. The molecule has 0 saturated heterocycles. The maximum Gasteiger partial charge on any atom is 0.348 e. The number of carboxylic acid groups (broad SMARTS) is 1. The number of carbonyl (C=O) groups is 1.